The van der Waals surface area contributed by atoms with Crippen LogP contribution in [0, 0.1) is 6.92 Å². The van der Waals surface area contributed by atoms with Crippen molar-refractivity contribution < 1.29 is 32.0 Å². The fraction of sp³-hybridized carbons (Fsp3) is 0.211. The first-order chi connectivity index (χ1) is 14.8. The van der Waals surface area contributed by atoms with E-state index >= 15 is 0 Å². The number of sulfonamides is 1. The maximum absolute atomic E-state index is 12.5. The normalized spacial score (nSPS) is 11.0. The van der Waals surface area contributed by atoms with E-state index in [1.165, 1.54) is 31.3 Å². The monoisotopic (exact) mass is 465 g/mol. The number of carbonyl (C=O) groups excluding carboxylic acids is 2. The lowest BCUT2D eigenvalue weighted by molar-refractivity contribution is -0.149. The minimum atomic E-state index is -3.64. The van der Waals surface area contributed by atoms with Crippen LogP contribution in [0.3, 0.4) is 0 Å². The van der Waals surface area contributed by atoms with Gasteiger partial charge in [0.25, 0.3) is 15.9 Å². The molecule has 0 aliphatic carbocycles. The van der Waals surface area contributed by atoms with E-state index in [0.717, 1.165) is 15.6 Å². The summed E-state index contributed by atoms with van der Waals surface area (Å²) in [6.45, 7) is 0.755. The molecular weight excluding hydrogens is 446 g/mol. The van der Waals surface area contributed by atoms with E-state index in [1.807, 2.05) is 0 Å². The van der Waals surface area contributed by atoms with Crippen molar-refractivity contribution in [1.82, 2.24) is 5.16 Å². The van der Waals surface area contributed by atoms with Gasteiger partial charge in [0.15, 0.2) is 19.0 Å². The fourth-order valence-corrected chi connectivity index (χ4v) is 4.73. The average Bonchev–Trinajstić information content (AvgIpc) is 3.43. The number of benzene rings is 1. The van der Waals surface area contributed by atoms with Crippen LogP contribution in [-0.4, -0.2) is 45.7 Å². The van der Waals surface area contributed by atoms with E-state index in [4.69, 9.17) is 14.0 Å². The minimum absolute atomic E-state index is 0.223. The zero-order valence-corrected chi connectivity index (χ0v) is 18.2. The zero-order valence-electron chi connectivity index (χ0n) is 16.6. The highest BCUT2D eigenvalue weighted by Crippen LogP contribution is 2.26. The molecule has 0 aliphatic heterocycles. The van der Waals surface area contributed by atoms with Crippen molar-refractivity contribution in [2.24, 2.45) is 0 Å². The van der Waals surface area contributed by atoms with Gasteiger partial charge in [0, 0.05) is 13.1 Å². The summed E-state index contributed by atoms with van der Waals surface area (Å²) in [5.41, 5.74) is 0.433. The van der Waals surface area contributed by atoms with Crippen molar-refractivity contribution in [2.75, 3.05) is 29.9 Å². The molecular formula is C19H19N3O7S2. The highest BCUT2D eigenvalue weighted by atomic mass is 32.2. The summed E-state index contributed by atoms with van der Waals surface area (Å²) in [5, 5.41) is 7.70. The van der Waals surface area contributed by atoms with Gasteiger partial charge in [-0.15, -0.1) is 11.3 Å². The fourth-order valence-electron chi connectivity index (χ4n) is 2.37. The van der Waals surface area contributed by atoms with Gasteiger partial charge in [-0.05, 0) is 42.6 Å². The van der Waals surface area contributed by atoms with Crippen molar-refractivity contribution in [1.29, 1.82) is 0 Å². The third kappa shape index (κ3) is 5.83. The maximum atomic E-state index is 12.5. The molecule has 0 unspecified atom stereocenters. The largest absolute Gasteiger partial charge is 0.482 e. The van der Waals surface area contributed by atoms with Crippen LogP contribution in [-0.2, 0) is 24.3 Å². The van der Waals surface area contributed by atoms with E-state index in [2.05, 4.69) is 10.5 Å². The number of aryl methyl sites for hydroxylation is 1. The quantitative estimate of drug-likeness (QED) is 0.477. The second kappa shape index (κ2) is 9.62. The predicted octanol–water partition coefficient (Wildman–Crippen LogP) is 2.43. The number of nitrogens with zero attached hydrogens (tertiary/aromatic N) is 2. The molecule has 0 radical (unpaired) electrons. The third-order valence-electron chi connectivity index (χ3n) is 3.93. The third-order valence-corrected chi connectivity index (χ3v) is 7.09. The van der Waals surface area contributed by atoms with E-state index < -0.39 is 35.1 Å². The van der Waals surface area contributed by atoms with Gasteiger partial charge in [0.2, 0.25) is 0 Å². The standard InChI is InChI=1S/C19H19N3O7S2/c1-13-10-16(21-29-13)20-17(23)11-28-18(24)12-27-15-7-5-14(6-8-15)22(2)31(25,26)19-4-3-9-30-19/h3-10H,11-12H2,1-2H3,(H,20,21,23). The number of aromatic nitrogens is 1. The molecule has 1 N–H and O–H groups in total. The molecule has 2 heterocycles. The van der Waals surface area contributed by atoms with E-state index in [9.17, 15) is 18.0 Å². The van der Waals surface area contributed by atoms with Crippen LogP contribution in [0.25, 0.3) is 0 Å². The number of hydrogen-bond donors (Lipinski definition) is 1. The lowest BCUT2D eigenvalue weighted by Crippen LogP contribution is -2.25. The molecule has 0 saturated heterocycles. The molecule has 0 bridgehead atoms. The number of thiophene rings is 1. The summed E-state index contributed by atoms with van der Waals surface area (Å²) < 4.78 is 41.4. The van der Waals surface area contributed by atoms with Crippen LogP contribution in [0.1, 0.15) is 5.76 Å². The number of amides is 1. The number of nitrogens with one attached hydrogen (secondary N) is 1. The van der Waals surface area contributed by atoms with Gasteiger partial charge < -0.3 is 19.3 Å². The zero-order chi connectivity index (χ0) is 22.4. The number of ether oxygens (including phenoxy) is 2. The lowest BCUT2D eigenvalue weighted by atomic mass is 10.3. The molecule has 1 aromatic carbocycles. The molecule has 31 heavy (non-hydrogen) atoms. The Morgan fingerprint density at radius 3 is 2.55 bits per heavy atom. The summed E-state index contributed by atoms with van der Waals surface area (Å²) in [5.74, 6) is -0.220. The Bertz CT molecular complexity index is 1140. The maximum Gasteiger partial charge on any atom is 0.344 e. The van der Waals surface area contributed by atoms with Crippen molar-refractivity contribution in [2.45, 2.75) is 11.1 Å². The van der Waals surface area contributed by atoms with Crippen molar-refractivity contribution >= 4 is 44.7 Å². The van der Waals surface area contributed by atoms with Gasteiger partial charge >= 0.3 is 5.97 Å². The van der Waals surface area contributed by atoms with Crippen LogP contribution in [0.4, 0.5) is 11.5 Å². The Balaban J connectivity index is 1.46. The Labute approximate surface area is 182 Å². The van der Waals surface area contributed by atoms with Crippen LogP contribution in [0.2, 0.25) is 0 Å². The topological polar surface area (TPSA) is 128 Å². The van der Waals surface area contributed by atoms with E-state index in [0.29, 0.717) is 17.2 Å². The number of rotatable bonds is 9. The Morgan fingerprint density at radius 2 is 1.94 bits per heavy atom. The van der Waals surface area contributed by atoms with Crippen molar-refractivity contribution in [3.8, 4) is 5.75 Å². The predicted molar refractivity (Wildman–Crippen MR) is 113 cm³/mol. The molecule has 0 saturated carbocycles. The highest BCUT2D eigenvalue weighted by Gasteiger charge is 2.22. The second-order valence-electron chi connectivity index (χ2n) is 6.22. The highest BCUT2D eigenvalue weighted by molar-refractivity contribution is 7.94. The summed E-state index contributed by atoms with van der Waals surface area (Å²) in [6, 6.07) is 10.9. The number of hydrogen-bond acceptors (Lipinski definition) is 9. The molecule has 1 amide bonds. The molecule has 164 valence electrons. The Kier molecular flexibility index (Phi) is 6.92. The number of carbonyl (C=O) groups is 2. The van der Waals surface area contributed by atoms with Crippen LogP contribution < -0.4 is 14.4 Å². The van der Waals surface area contributed by atoms with Gasteiger partial charge in [0.1, 0.15) is 15.7 Å². The van der Waals surface area contributed by atoms with Crippen molar-refractivity contribution in [3.05, 3.63) is 53.6 Å². The van der Waals surface area contributed by atoms with Gasteiger partial charge in [-0.25, -0.2) is 13.2 Å². The first kappa shape index (κ1) is 22.3. The van der Waals surface area contributed by atoms with Gasteiger partial charge in [-0.3, -0.25) is 9.10 Å². The van der Waals surface area contributed by atoms with Gasteiger partial charge in [-0.1, -0.05) is 11.2 Å². The number of anilines is 2. The Morgan fingerprint density at radius 1 is 1.19 bits per heavy atom. The first-order valence-electron chi connectivity index (χ1n) is 8.90. The molecule has 0 atom stereocenters. The molecule has 10 nitrogen and oxygen atoms in total. The summed E-state index contributed by atoms with van der Waals surface area (Å²) in [7, 11) is -2.18. The van der Waals surface area contributed by atoms with Crippen LogP contribution in [0.15, 0.2) is 56.6 Å². The first-order valence-corrected chi connectivity index (χ1v) is 11.2. The smallest absolute Gasteiger partial charge is 0.344 e. The van der Waals surface area contributed by atoms with Crippen LogP contribution in [0.5, 0.6) is 5.75 Å². The lowest BCUT2D eigenvalue weighted by Gasteiger charge is -2.18. The summed E-state index contributed by atoms with van der Waals surface area (Å²) in [4.78, 5) is 23.5. The minimum Gasteiger partial charge on any atom is -0.482 e. The molecule has 3 aromatic rings. The summed E-state index contributed by atoms with van der Waals surface area (Å²) >= 11 is 1.13. The van der Waals surface area contributed by atoms with Crippen LogP contribution >= 0.6 is 11.3 Å². The van der Waals surface area contributed by atoms with E-state index in [-0.39, 0.29) is 10.0 Å². The molecule has 0 spiro atoms. The Hall–Kier alpha value is -3.38. The molecule has 3 rings (SSSR count). The van der Waals surface area contributed by atoms with E-state index in [1.54, 1.807) is 30.5 Å². The molecule has 0 fully saturated rings. The summed E-state index contributed by atoms with van der Waals surface area (Å²) in [6.07, 6.45) is 0. The molecule has 12 heteroatoms. The van der Waals surface area contributed by atoms with Gasteiger partial charge in [-0.2, -0.15) is 0 Å². The van der Waals surface area contributed by atoms with Gasteiger partial charge in [0.05, 0.1) is 5.69 Å². The molecule has 2 aromatic heterocycles. The van der Waals surface area contributed by atoms with Crippen molar-refractivity contribution in [3.63, 3.8) is 0 Å². The second-order valence-corrected chi connectivity index (χ2v) is 9.36. The molecule has 0 aliphatic rings. The average molecular weight is 466 g/mol. The number of esters is 1. The SMILES string of the molecule is Cc1cc(NC(=O)COC(=O)COc2ccc(N(C)S(=O)(=O)c3cccs3)cc2)no1.